The normalized spacial score (nSPS) is 10.2. The van der Waals surface area contributed by atoms with Crippen LogP contribution in [0.25, 0.3) is 0 Å². The minimum atomic E-state index is -0.458. The van der Waals surface area contributed by atoms with Crippen molar-refractivity contribution >= 4 is 11.5 Å². The molecule has 0 amide bonds. The highest BCUT2D eigenvalue weighted by molar-refractivity contribution is 5.48. The molecule has 0 fully saturated rings. The summed E-state index contributed by atoms with van der Waals surface area (Å²) in [6.45, 7) is 2.35. The van der Waals surface area contributed by atoms with Crippen LogP contribution in [0.2, 0.25) is 0 Å². The van der Waals surface area contributed by atoms with Crippen LogP contribution in [0.1, 0.15) is 11.1 Å². The Morgan fingerprint density at radius 1 is 1.53 bits per heavy atom. The second-order valence-electron chi connectivity index (χ2n) is 3.58. The number of H-pyrrole nitrogens is 1. The minimum Gasteiger partial charge on any atom is -0.366 e. The van der Waals surface area contributed by atoms with Crippen molar-refractivity contribution in [1.82, 2.24) is 15.2 Å². The van der Waals surface area contributed by atoms with Crippen LogP contribution in [0.4, 0.5) is 11.5 Å². The van der Waals surface area contributed by atoms with Gasteiger partial charge in [0.15, 0.2) is 0 Å². The topological polar surface area (TPSA) is 96.7 Å². The summed E-state index contributed by atoms with van der Waals surface area (Å²) < 4.78 is 0. The molecule has 0 atom stereocenters. The largest absolute Gasteiger partial charge is 0.366 e. The van der Waals surface area contributed by atoms with Gasteiger partial charge in [-0.15, -0.1) is 0 Å². The lowest BCUT2D eigenvalue weighted by Crippen LogP contribution is -2.03. The van der Waals surface area contributed by atoms with Crippen molar-refractivity contribution in [3.05, 3.63) is 45.9 Å². The molecule has 7 heteroatoms. The molecule has 0 unspecified atom stereocenters. The Bertz CT molecular complexity index is 523. The van der Waals surface area contributed by atoms with E-state index in [1.54, 1.807) is 19.3 Å². The number of rotatable bonds is 4. The van der Waals surface area contributed by atoms with Gasteiger partial charge in [0.1, 0.15) is 12.0 Å². The molecule has 2 aromatic rings. The van der Waals surface area contributed by atoms with Crippen molar-refractivity contribution in [3.63, 3.8) is 0 Å². The fraction of sp³-hybridized carbons (Fsp3) is 0.200. The molecule has 17 heavy (non-hydrogen) atoms. The number of pyridine rings is 1. The van der Waals surface area contributed by atoms with Crippen LogP contribution in [0.15, 0.2) is 24.7 Å². The molecular formula is C10H11N5O2. The number of nitrogens with one attached hydrogen (secondary N) is 2. The summed E-state index contributed by atoms with van der Waals surface area (Å²) in [6.07, 6.45) is 4.71. The number of aryl methyl sites for hydroxylation is 1. The molecule has 2 rings (SSSR count). The lowest BCUT2D eigenvalue weighted by molar-refractivity contribution is -0.385. The van der Waals surface area contributed by atoms with Gasteiger partial charge < -0.3 is 5.32 Å². The number of hydrogen-bond acceptors (Lipinski definition) is 5. The van der Waals surface area contributed by atoms with Crippen molar-refractivity contribution in [3.8, 4) is 0 Å². The van der Waals surface area contributed by atoms with Crippen LogP contribution in [0, 0.1) is 17.0 Å². The molecule has 0 aliphatic rings. The molecular weight excluding hydrogens is 222 g/mol. The van der Waals surface area contributed by atoms with Gasteiger partial charge in [-0.05, 0) is 12.5 Å². The van der Waals surface area contributed by atoms with Gasteiger partial charge in [-0.25, -0.2) is 4.98 Å². The SMILES string of the molecule is Cc1cc([N+](=O)[O-])cnc1NCc1cn[nH]c1. The van der Waals surface area contributed by atoms with Crippen LogP contribution >= 0.6 is 0 Å². The van der Waals surface area contributed by atoms with Crippen molar-refractivity contribution in [2.45, 2.75) is 13.5 Å². The minimum absolute atomic E-state index is 0.00337. The third-order valence-electron chi connectivity index (χ3n) is 2.29. The van der Waals surface area contributed by atoms with Crippen molar-refractivity contribution in [2.24, 2.45) is 0 Å². The van der Waals surface area contributed by atoms with Crippen molar-refractivity contribution in [1.29, 1.82) is 0 Å². The maximum atomic E-state index is 10.5. The summed E-state index contributed by atoms with van der Waals surface area (Å²) in [5.41, 5.74) is 1.73. The van der Waals surface area contributed by atoms with Gasteiger partial charge in [-0.3, -0.25) is 15.2 Å². The van der Waals surface area contributed by atoms with E-state index in [9.17, 15) is 10.1 Å². The van der Waals surface area contributed by atoms with Crippen molar-refractivity contribution < 1.29 is 4.92 Å². The zero-order valence-electron chi connectivity index (χ0n) is 9.17. The van der Waals surface area contributed by atoms with Gasteiger partial charge in [-0.2, -0.15) is 5.10 Å². The molecule has 0 bridgehead atoms. The summed E-state index contributed by atoms with van der Waals surface area (Å²) in [5.74, 6) is 0.636. The van der Waals surface area contributed by atoms with Crippen LogP contribution < -0.4 is 5.32 Å². The maximum Gasteiger partial charge on any atom is 0.287 e. The molecule has 0 aromatic carbocycles. The van der Waals surface area contributed by atoms with E-state index in [-0.39, 0.29) is 5.69 Å². The van der Waals surface area contributed by atoms with Crippen LogP contribution in [-0.2, 0) is 6.54 Å². The zero-order chi connectivity index (χ0) is 12.3. The molecule has 0 aliphatic carbocycles. The van der Waals surface area contributed by atoms with Gasteiger partial charge in [-0.1, -0.05) is 0 Å². The lowest BCUT2D eigenvalue weighted by atomic mass is 10.2. The number of aromatic nitrogens is 3. The molecule has 2 heterocycles. The van der Waals surface area contributed by atoms with E-state index >= 15 is 0 Å². The van der Waals surface area contributed by atoms with Crippen molar-refractivity contribution in [2.75, 3.05) is 5.32 Å². The molecule has 0 aliphatic heterocycles. The standard InChI is InChI=1S/C10H11N5O2/c1-7-2-9(15(16)17)6-12-10(7)11-3-8-4-13-14-5-8/h2,4-6H,3H2,1H3,(H,11,12)(H,13,14). The summed E-state index contributed by atoms with van der Waals surface area (Å²) >= 11 is 0. The van der Waals surface area contributed by atoms with E-state index in [2.05, 4.69) is 20.5 Å². The van der Waals surface area contributed by atoms with E-state index < -0.39 is 4.92 Å². The highest BCUT2D eigenvalue weighted by atomic mass is 16.6. The third-order valence-corrected chi connectivity index (χ3v) is 2.29. The smallest absolute Gasteiger partial charge is 0.287 e. The number of hydrogen-bond donors (Lipinski definition) is 2. The first-order chi connectivity index (χ1) is 8.16. The monoisotopic (exact) mass is 233 g/mol. The summed E-state index contributed by atoms with van der Waals surface area (Å²) in [4.78, 5) is 14.1. The summed E-state index contributed by atoms with van der Waals surface area (Å²) in [5, 5.41) is 20.2. The van der Waals surface area contributed by atoms with Gasteiger partial charge in [0, 0.05) is 24.4 Å². The quantitative estimate of drug-likeness (QED) is 0.618. The van der Waals surface area contributed by atoms with Crippen LogP contribution in [0.5, 0.6) is 0 Å². The Morgan fingerprint density at radius 3 is 2.94 bits per heavy atom. The molecule has 2 aromatic heterocycles. The Hall–Kier alpha value is -2.44. The molecule has 0 spiro atoms. The summed E-state index contributed by atoms with van der Waals surface area (Å²) in [7, 11) is 0. The molecule has 0 saturated carbocycles. The average molecular weight is 233 g/mol. The molecule has 88 valence electrons. The first-order valence-corrected chi connectivity index (χ1v) is 4.99. The molecule has 2 N–H and O–H groups in total. The maximum absolute atomic E-state index is 10.5. The highest BCUT2D eigenvalue weighted by Gasteiger charge is 2.09. The number of nitro groups is 1. The van der Waals surface area contributed by atoms with E-state index in [4.69, 9.17) is 0 Å². The predicted molar refractivity (Wildman–Crippen MR) is 61.5 cm³/mol. The molecule has 0 saturated heterocycles. The van der Waals surface area contributed by atoms with Crippen LogP contribution in [-0.4, -0.2) is 20.1 Å². The predicted octanol–water partition coefficient (Wildman–Crippen LogP) is 1.63. The Kier molecular flexibility index (Phi) is 2.99. The number of nitrogens with zero attached hydrogens (tertiary/aromatic N) is 3. The Labute approximate surface area is 97.0 Å². The first kappa shape index (κ1) is 11.1. The average Bonchev–Trinajstić information content (AvgIpc) is 2.80. The third kappa shape index (κ3) is 2.57. The fourth-order valence-corrected chi connectivity index (χ4v) is 1.40. The van der Waals surface area contributed by atoms with Gasteiger partial charge in [0.2, 0.25) is 0 Å². The summed E-state index contributed by atoms with van der Waals surface area (Å²) in [6, 6.07) is 1.49. The number of anilines is 1. The van der Waals surface area contributed by atoms with E-state index in [1.807, 2.05) is 0 Å². The molecule has 7 nitrogen and oxygen atoms in total. The molecule has 0 radical (unpaired) electrons. The zero-order valence-corrected chi connectivity index (χ0v) is 9.17. The second kappa shape index (κ2) is 4.60. The first-order valence-electron chi connectivity index (χ1n) is 4.99. The Morgan fingerprint density at radius 2 is 2.35 bits per heavy atom. The van der Waals surface area contributed by atoms with Gasteiger partial charge in [0.25, 0.3) is 5.69 Å². The van der Waals surface area contributed by atoms with E-state index in [0.717, 1.165) is 11.1 Å². The van der Waals surface area contributed by atoms with Crippen LogP contribution in [0.3, 0.4) is 0 Å². The highest BCUT2D eigenvalue weighted by Crippen LogP contribution is 2.18. The number of aromatic amines is 1. The second-order valence-corrected chi connectivity index (χ2v) is 3.58. The Balaban J connectivity index is 2.09. The lowest BCUT2D eigenvalue weighted by Gasteiger charge is -2.06. The van der Waals surface area contributed by atoms with E-state index in [1.165, 1.54) is 12.3 Å². The fourth-order valence-electron chi connectivity index (χ4n) is 1.40. The van der Waals surface area contributed by atoms with E-state index in [0.29, 0.717) is 12.4 Å². The van der Waals surface area contributed by atoms with Gasteiger partial charge >= 0.3 is 0 Å². The van der Waals surface area contributed by atoms with Gasteiger partial charge in [0.05, 0.1) is 11.1 Å².